The second-order valence-electron chi connectivity index (χ2n) is 5.21. The van der Waals surface area contributed by atoms with Crippen molar-refractivity contribution in [3.8, 4) is 0 Å². The average molecular weight is 315 g/mol. The van der Waals surface area contributed by atoms with Gasteiger partial charge >= 0.3 is 6.18 Å². The van der Waals surface area contributed by atoms with Crippen LogP contribution in [0.4, 0.5) is 18.9 Å². The van der Waals surface area contributed by atoms with E-state index >= 15 is 0 Å². The number of fused-ring (bicyclic) bond motifs is 1. The molecule has 0 saturated carbocycles. The van der Waals surface area contributed by atoms with Crippen LogP contribution in [-0.2, 0) is 6.18 Å². The van der Waals surface area contributed by atoms with Crippen LogP contribution in [0.2, 0.25) is 5.02 Å². The molecule has 0 unspecified atom stereocenters. The first kappa shape index (κ1) is 14.4. The Balaban J connectivity index is 2.22. The first-order valence-electron chi connectivity index (χ1n) is 6.88. The molecule has 1 fully saturated rings. The fourth-order valence-corrected chi connectivity index (χ4v) is 2.95. The molecule has 0 atom stereocenters. The SMILES string of the molecule is FC(F)(F)c1cc(N2CCCCC2)c2cccc(Cl)c2n1. The summed E-state index contributed by atoms with van der Waals surface area (Å²) in [5, 5.41) is 0.925. The van der Waals surface area contributed by atoms with E-state index in [1.807, 2.05) is 4.90 Å². The first-order chi connectivity index (χ1) is 9.97. The second kappa shape index (κ2) is 5.37. The molecular weight excluding hydrogens is 301 g/mol. The van der Waals surface area contributed by atoms with E-state index in [9.17, 15) is 13.2 Å². The number of benzene rings is 1. The van der Waals surface area contributed by atoms with E-state index in [0.29, 0.717) is 11.1 Å². The highest BCUT2D eigenvalue weighted by Gasteiger charge is 2.34. The van der Waals surface area contributed by atoms with E-state index in [2.05, 4.69) is 4.98 Å². The van der Waals surface area contributed by atoms with Crippen LogP contribution in [0.1, 0.15) is 25.0 Å². The first-order valence-corrected chi connectivity index (χ1v) is 7.26. The summed E-state index contributed by atoms with van der Waals surface area (Å²) >= 11 is 6.04. The van der Waals surface area contributed by atoms with Crippen molar-refractivity contribution < 1.29 is 13.2 Å². The number of nitrogens with zero attached hydrogens (tertiary/aromatic N) is 2. The van der Waals surface area contributed by atoms with Crippen molar-refractivity contribution in [1.29, 1.82) is 0 Å². The topological polar surface area (TPSA) is 16.1 Å². The summed E-state index contributed by atoms with van der Waals surface area (Å²) in [6, 6.07) is 6.23. The van der Waals surface area contributed by atoms with Crippen LogP contribution >= 0.6 is 11.6 Å². The number of aromatic nitrogens is 1. The third-order valence-corrected chi connectivity index (χ3v) is 4.06. The molecule has 1 aliphatic heterocycles. The fourth-order valence-electron chi connectivity index (χ4n) is 2.74. The highest BCUT2D eigenvalue weighted by atomic mass is 35.5. The van der Waals surface area contributed by atoms with Gasteiger partial charge in [-0.05, 0) is 31.4 Å². The summed E-state index contributed by atoms with van der Waals surface area (Å²) in [4.78, 5) is 5.72. The lowest BCUT2D eigenvalue weighted by atomic mass is 10.1. The summed E-state index contributed by atoms with van der Waals surface area (Å²) in [5.74, 6) is 0. The van der Waals surface area contributed by atoms with Crippen LogP contribution in [0.25, 0.3) is 10.9 Å². The van der Waals surface area contributed by atoms with Gasteiger partial charge in [0.05, 0.1) is 10.5 Å². The van der Waals surface area contributed by atoms with Crippen LogP contribution in [0.5, 0.6) is 0 Å². The van der Waals surface area contributed by atoms with E-state index < -0.39 is 11.9 Å². The summed E-state index contributed by atoms with van der Waals surface area (Å²) in [6.45, 7) is 1.53. The maximum Gasteiger partial charge on any atom is 0.433 e. The smallest absolute Gasteiger partial charge is 0.371 e. The molecule has 3 rings (SSSR count). The normalized spacial score (nSPS) is 16.5. The minimum atomic E-state index is -4.47. The summed E-state index contributed by atoms with van der Waals surface area (Å²) in [5.41, 5.74) is -0.0900. The van der Waals surface area contributed by atoms with E-state index in [4.69, 9.17) is 11.6 Å². The number of piperidine rings is 1. The Morgan fingerprint density at radius 3 is 2.48 bits per heavy atom. The van der Waals surface area contributed by atoms with Gasteiger partial charge in [0.15, 0.2) is 0 Å². The molecule has 2 nitrogen and oxygen atoms in total. The van der Waals surface area contributed by atoms with Gasteiger partial charge in [-0.25, -0.2) is 4.98 Å². The van der Waals surface area contributed by atoms with Gasteiger partial charge in [0, 0.05) is 24.2 Å². The Morgan fingerprint density at radius 2 is 1.81 bits per heavy atom. The van der Waals surface area contributed by atoms with E-state index in [1.54, 1.807) is 18.2 Å². The molecule has 21 heavy (non-hydrogen) atoms. The van der Waals surface area contributed by atoms with Crippen molar-refractivity contribution in [2.45, 2.75) is 25.4 Å². The molecule has 1 saturated heterocycles. The molecule has 0 bridgehead atoms. The predicted molar refractivity (Wildman–Crippen MR) is 77.8 cm³/mol. The number of halogens is 4. The van der Waals surface area contributed by atoms with Gasteiger partial charge in [-0.15, -0.1) is 0 Å². The van der Waals surface area contributed by atoms with Gasteiger partial charge in [-0.3, -0.25) is 0 Å². The van der Waals surface area contributed by atoms with Crippen molar-refractivity contribution in [3.63, 3.8) is 0 Å². The van der Waals surface area contributed by atoms with Crippen molar-refractivity contribution in [2.75, 3.05) is 18.0 Å². The van der Waals surface area contributed by atoms with Crippen LogP contribution in [0, 0.1) is 0 Å². The Bertz CT molecular complexity index is 664. The molecule has 6 heteroatoms. The van der Waals surface area contributed by atoms with E-state index in [-0.39, 0.29) is 10.5 Å². The van der Waals surface area contributed by atoms with Gasteiger partial charge in [0.2, 0.25) is 0 Å². The lowest BCUT2D eigenvalue weighted by molar-refractivity contribution is -0.140. The lowest BCUT2D eigenvalue weighted by Gasteiger charge is -2.30. The van der Waals surface area contributed by atoms with Gasteiger partial charge in [-0.2, -0.15) is 13.2 Å². The number of alkyl halides is 3. The summed E-state index contributed by atoms with van der Waals surface area (Å²) in [6.07, 6.45) is -1.37. The standard InChI is InChI=1S/C15H14ClF3N2/c16-11-6-4-5-10-12(21-7-2-1-3-8-21)9-13(15(17,18)19)20-14(10)11/h4-6,9H,1-3,7-8H2. The fraction of sp³-hybridized carbons (Fsp3) is 0.400. The Morgan fingerprint density at radius 1 is 1.10 bits per heavy atom. The van der Waals surface area contributed by atoms with E-state index in [1.165, 1.54) is 0 Å². The van der Waals surface area contributed by atoms with Crippen molar-refractivity contribution in [2.24, 2.45) is 0 Å². The zero-order chi connectivity index (χ0) is 15.0. The van der Waals surface area contributed by atoms with Gasteiger partial charge < -0.3 is 4.90 Å². The van der Waals surface area contributed by atoms with Crippen LogP contribution < -0.4 is 4.90 Å². The maximum atomic E-state index is 13.1. The summed E-state index contributed by atoms with van der Waals surface area (Å²) < 4.78 is 39.2. The van der Waals surface area contributed by atoms with Gasteiger partial charge in [-0.1, -0.05) is 23.7 Å². The molecule has 0 radical (unpaired) electrons. The lowest BCUT2D eigenvalue weighted by Crippen LogP contribution is -2.30. The maximum absolute atomic E-state index is 13.1. The highest BCUT2D eigenvalue weighted by Crippen LogP contribution is 2.37. The molecule has 0 N–H and O–H groups in total. The van der Waals surface area contributed by atoms with Crippen molar-refractivity contribution in [1.82, 2.24) is 4.98 Å². The zero-order valence-corrected chi connectivity index (χ0v) is 12.0. The molecule has 1 aromatic carbocycles. The number of anilines is 1. The van der Waals surface area contributed by atoms with Gasteiger partial charge in [0.1, 0.15) is 5.69 Å². The second-order valence-corrected chi connectivity index (χ2v) is 5.62. The number of para-hydroxylation sites is 1. The van der Waals surface area contributed by atoms with E-state index in [0.717, 1.165) is 38.4 Å². The van der Waals surface area contributed by atoms with Crippen LogP contribution in [0.15, 0.2) is 24.3 Å². The average Bonchev–Trinajstić information content (AvgIpc) is 2.47. The van der Waals surface area contributed by atoms with Crippen LogP contribution in [0.3, 0.4) is 0 Å². The molecule has 0 amide bonds. The molecule has 1 aromatic heterocycles. The molecule has 2 heterocycles. The highest BCUT2D eigenvalue weighted by molar-refractivity contribution is 6.35. The molecular formula is C15H14ClF3N2. The van der Waals surface area contributed by atoms with Crippen LogP contribution in [-0.4, -0.2) is 18.1 Å². The zero-order valence-electron chi connectivity index (χ0n) is 11.3. The number of rotatable bonds is 1. The predicted octanol–water partition coefficient (Wildman–Crippen LogP) is 4.90. The minimum Gasteiger partial charge on any atom is -0.371 e. The third kappa shape index (κ3) is 2.79. The number of hydrogen-bond donors (Lipinski definition) is 0. The number of hydrogen-bond acceptors (Lipinski definition) is 2. The monoisotopic (exact) mass is 314 g/mol. The molecule has 0 spiro atoms. The number of pyridine rings is 1. The largest absolute Gasteiger partial charge is 0.433 e. The third-order valence-electron chi connectivity index (χ3n) is 3.76. The van der Waals surface area contributed by atoms with Crippen molar-refractivity contribution >= 4 is 28.2 Å². The Kier molecular flexibility index (Phi) is 3.69. The summed E-state index contributed by atoms with van der Waals surface area (Å²) in [7, 11) is 0. The quantitative estimate of drug-likeness (QED) is 0.744. The Labute approximate surface area is 125 Å². The van der Waals surface area contributed by atoms with Gasteiger partial charge in [0.25, 0.3) is 0 Å². The Hall–Kier alpha value is -1.49. The minimum absolute atomic E-state index is 0.217. The molecule has 0 aliphatic carbocycles. The molecule has 112 valence electrons. The molecule has 1 aliphatic rings. The van der Waals surface area contributed by atoms with Crippen molar-refractivity contribution in [3.05, 3.63) is 35.0 Å². The molecule has 2 aromatic rings.